The number of hydrogen-bond acceptors (Lipinski definition) is 1. The molecule has 0 N–H and O–H groups in total. The van der Waals surface area contributed by atoms with Crippen molar-refractivity contribution in [3.8, 4) is 0 Å². The molecule has 0 aliphatic rings. The average Bonchev–Trinajstić information content (AvgIpc) is 2.83. The third-order valence-corrected chi connectivity index (χ3v) is 4.76. The minimum atomic E-state index is 0.0613. The summed E-state index contributed by atoms with van der Waals surface area (Å²) < 4.78 is 3.23. The lowest BCUT2D eigenvalue weighted by Gasteiger charge is -2.11. The number of benzene rings is 1. The van der Waals surface area contributed by atoms with Crippen LogP contribution < -0.4 is 0 Å². The second-order valence-corrected chi connectivity index (χ2v) is 6.62. The molecular weight excluding hydrogens is 348 g/mol. The molecule has 0 amide bonds. The van der Waals surface area contributed by atoms with Crippen LogP contribution >= 0.6 is 27.5 Å². The van der Waals surface area contributed by atoms with E-state index in [1.165, 1.54) is 16.8 Å². The van der Waals surface area contributed by atoms with Crippen LogP contribution in [0.1, 0.15) is 55.1 Å². The smallest absolute Gasteiger partial charge is 0.0671 e. The van der Waals surface area contributed by atoms with Gasteiger partial charge in [0.25, 0.3) is 0 Å². The predicted octanol–water partition coefficient (Wildman–Crippen LogP) is 5.51. The molecule has 21 heavy (non-hydrogen) atoms. The fourth-order valence-corrected chi connectivity index (χ4v) is 3.40. The Bertz CT molecular complexity index is 607. The van der Waals surface area contributed by atoms with Crippen LogP contribution in [0.15, 0.2) is 28.7 Å². The summed E-state index contributed by atoms with van der Waals surface area (Å²) in [5.41, 5.74) is 4.91. The molecule has 2 aromatic rings. The van der Waals surface area contributed by atoms with E-state index in [0.717, 1.165) is 36.0 Å². The second kappa shape index (κ2) is 7.46. The zero-order valence-electron chi connectivity index (χ0n) is 12.9. The Balaban J connectivity index is 2.41. The minimum Gasteiger partial charge on any atom is -0.265 e. The molecule has 1 aromatic heterocycles. The first-order chi connectivity index (χ1) is 10.1. The maximum Gasteiger partial charge on any atom is 0.0671 e. The monoisotopic (exact) mass is 368 g/mol. The summed E-state index contributed by atoms with van der Waals surface area (Å²) >= 11 is 10.1. The molecule has 1 unspecified atom stereocenters. The van der Waals surface area contributed by atoms with Gasteiger partial charge in [0.15, 0.2) is 0 Å². The van der Waals surface area contributed by atoms with Crippen LogP contribution in [0.4, 0.5) is 0 Å². The standard InChI is InChI=1S/C17H22BrClN2/c1-4-14(19)17-15(5-2)20-21(16(17)6-3)11-12-8-7-9-13(18)10-12/h7-10,14H,4-6,11H2,1-3H3. The molecule has 4 heteroatoms. The molecule has 0 fully saturated rings. The highest BCUT2D eigenvalue weighted by atomic mass is 79.9. The molecule has 1 aromatic carbocycles. The Morgan fingerprint density at radius 2 is 2.00 bits per heavy atom. The quantitative estimate of drug-likeness (QED) is 0.614. The molecule has 2 nitrogen and oxygen atoms in total. The third-order valence-electron chi connectivity index (χ3n) is 3.74. The van der Waals surface area contributed by atoms with Crippen molar-refractivity contribution in [1.82, 2.24) is 9.78 Å². The highest BCUT2D eigenvalue weighted by Gasteiger charge is 2.20. The lowest BCUT2D eigenvalue weighted by atomic mass is 10.0. The van der Waals surface area contributed by atoms with Gasteiger partial charge >= 0.3 is 0 Å². The normalized spacial score (nSPS) is 12.6. The molecule has 0 aliphatic heterocycles. The van der Waals surface area contributed by atoms with Crippen molar-refractivity contribution >= 4 is 27.5 Å². The topological polar surface area (TPSA) is 17.8 Å². The Morgan fingerprint density at radius 3 is 2.57 bits per heavy atom. The molecule has 0 saturated carbocycles. The van der Waals surface area contributed by atoms with E-state index in [9.17, 15) is 0 Å². The van der Waals surface area contributed by atoms with Crippen LogP contribution in [0.25, 0.3) is 0 Å². The van der Waals surface area contributed by atoms with Crippen molar-refractivity contribution in [2.45, 2.75) is 52.0 Å². The van der Waals surface area contributed by atoms with E-state index >= 15 is 0 Å². The summed E-state index contributed by atoms with van der Waals surface area (Å²) in [5.74, 6) is 0. The van der Waals surface area contributed by atoms with Crippen molar-refractivity contribution in [2.24, 2.45) is 0 Å². The first-order valence-electron chi connectivity index (χ1n) is 7.57. The van der Waals surface area contributed by atoms with E-state index in [1.54, 1.807) is 0 Å². The Kier molecular flexibility index (Phi) is 5.88. The molecule has 1 heterocycles. The third kappa shape index (κ3) is 3.70. The van der Waals surface area contributed by atoms with Gasteiger partial charge in [-0.05, 0) is 37.0 Å². The summed E-state index contributed by atoms with van der Waals surface area (Å²) in [6, 6.07) is 8.38. The van der Waals surface area contributed by atoms with E-state index < -0.39 is 0 Å². The fourth-order valence-electron chi connectivity index (χ4n) is 2.70. The minimum absolute atomic E-state index is 0.0613. The van der Waals surface area contributed by atoms with Crippen molar-refractivity contribution in [3.05, 3.63) is 51.3 Å². The number of alkyl halides is 1. The number of rotatable bonds is 6. The lowest BCUT2D eigenvalue weighted by molar-refractivity contribution is 0.638. The van der Waals surface area contributed by atoms with E-state index in [0.29, 0.717) is 0 Å². The van der Waals surface area contributed by atoms with Crippen LogP contribution in [0.5, 0.6) is 0 Å². The van der Waals surface area contributed by atoms with Crippen molar-refractivity contribution in [1.29, 1.82) is 0 Å². The van der Waals surface area contributed by atoms with Crippen LogP contribution in [0, 0.1) is 0 Å². The van der Waals surface area contributed by atoms with Crippen molar-refractivity contribution < 1.29 is 0 Å². The van der Waals surface area contributed by atoms with E-state index in [4.69, 9.17) is 16.7 Å². The molecule has 1 atom stereocenters. The van der Waals surface area contributed by atoms with E-state index in [1.807, 2.05) is 6.07 Å². The van der Waals surface area contributed by atoms with Gasteiger partial charge in [-0.3, -0.25) is 4.68 Å². The molecule has 0 bridgehead atoms. The summed E-state index contributed by atoms with van der Waals surface area (Å²) in [6.07, 6.45) is 2.82. The maximum atomic E-state index is 6.54. The van der Waals surface area contributed by atoms with Crippen molar-refractivity contribution in [2.75, 3.05) is 0 Å². The first kappa shape index (κ1) is 16.6. The lowest BCUT2D eigenvalue weighted by Crippen LogP contribution is -2.07. The van der Waals surface area contributed by atoms with Gasteiger partial charge in [-0.15, -0.1) is 11.6 Å². The summed E-state index contributed by atoms with van der Waals surface area (Å²) in [6.45, 7) is 7.25. The van der Waals surface area contributed by atoms with Crippen LogP contribution in [-0.2, 0) is 19.4 Å². The number of hydrogen-bond donors (Lipinski definition) is 0. The molecule has 0 saturated heterocycles. The Hall–Kier alpha value is -0.800. The molecule has 0 radical (unpaired) electrons. The van der Waals surface area contributed by atoms with Crippen LogP contribution in [0.2, 0.25) is 0 Å². The van der Waals surface area contributed by atoms with E-state index in [-0.39, 0.29) is 5.38 Å². The van der Waals surface area contributed by atoms with Gasteiger partial charge in [0.2, 0.25) is 0 Å². The van der Waals surface area contributed by atoms with Crippen LogP contribution in [-0.4, -0.2) is 9.78 Å². The van der Waals surface area contributed by atoms with Gasteiger partial charge in [0, 0.05) is 15.7 Å². The largest absolute Gasteiger partial charge is 0.265 e. The molecule has 0 spiro atoms. The molecular formula is C17H22BrClN2. The van der Waals surface area contributed by atoms with E-state index in [2.05, 4.69) is 59.6 Å². The molecule has 0 aliphatic carbocycles. The predicted molar refractivity (Wildman–Crippen MR) is 93.1 cm³/mol. The van der Waals surface area contributed by atoms with Gasteiger partial charge in [0.1, 0.15) is 0 Å². The SMILES string of the molecule is CCc1nn(Cc2cccc(Br)c2)c(CC)c1C(Cl)CC. The summed E-state index contributed by atoms with van der Waals surface area (Å²) in [5, 5.41) is 4.87. The van der Waals surface area contributed by atoms with Crippen LogP contribution in [0.3, 0.4) is 0 Å². The van der Waals surface area contributed by atoms with Gasteiger partial charge in [-0.1, -0.05) is 48.8 Å². The number of nitrogens with zero attached hydrogens (tertiary/aromatic N) is 2. The zero-order valence-corrected chi connectivity index (χ0v) is 15.2. The highest BCUT2D eigenvalue weighted by Crippen LogP contribution is 2.31. The average molecular weight is 370 g/mol. The zero-order chi connectivity index (χ0) is 15.4. The Morgan fingerprint density at radius 1 is 1.24 bits per heavy atom. The first-order valence-corrected chi connectivity index (χ1v) is 8.80. The molecule has 2 rings (SSSR count). The number of aromatic nitrogens is 2. The highest BCUT2D eigenvalue weighted by molar-refractivity contribution is 9.10. The number of halogens is 2. The van der Waals surface area contributed by atoms with Crippen molar-refractivity contribution in [3.63, 3.8) is 0 Å². The molecule has 114 valence electrons. The summed E-state index contributed by atoms with van der Waals surface area (Å²) in [7, 11) is 0. The Labute approximate surface area is 140 Å². The van der Waals surface area contributed by atoms with Gasteiger partial charge in [-0.25, -0.2) is 0 Å². The fraction of sp³-hybridized carbons (Fsp3) is 0.471. The van der Waals surface area contributed by atoms with Gasteiger partial charge in [-0.2, -0.15) is 5.10 Å². The van der Waals surface area contributed by atoms with Gasteiger partial charge in [0.05, 0.1) is 17.6 Å². The number of aryl methyl sites for hydroxylation is 1. The maximum absolute atomic E-state index is 6.54. The summed E-state index contributed by atoms with van der Waals surface area (Å²) in [4.78, 5) is 0. The van der Waals surface area contributed by atoms with Gasteiger partial charge < -0.3 is 0 Å². The second-order valence-electron chi connectivity index (χ2n) is 5.18.